The number of amides is 1. The predicted molar refractivity (Wildman–Crippen MR) is 86.8 cm³/mol. The molecule has 1 fully saturated rings. The van der Waals surface area contributed by atoms with Crippen molar-refractivity contribution in [3.05, 3.63) is 34.9 Å². The Balaban J connectivity index is 1.74. The van der Waals surface area contributed by atoms with Crippen LogP contribution in [0.2, 0.25) is 0 Å². The van der Waals surface area contributed by atoms with Crippen LogP contribution in [0, 0.1) is 0 Å². The summed E-state index contributed by atoms with van der Waals surface area (Å²) in [7, 11) is -3.41. The van der Waals surface area contributed by atoms with Gasteiger partial charge in [-0.2, -0.15) is 0 Å². The maximum atomic E-state index is 12.6. The van der Waals surface area contributed by atoms with Crippen LogP contribution in [0.5, 0.6) is 0 Å². The summed E-state index contributed by atoms with van der Waals surface area (Å²) in [6, 6.07) is 5.14. The molecule has 126 valence electrons. The summed E-state index contributed by atoms with van der Waals surface area (Å²) in [6.07, 6.45) is 4.56. The molecular weight excluding hydrogens is 316 g/mol. The molecule has 2 aliphatic rings. The number of hydrogen-bond donors (Lipinski definition) is 2. The van der Waals surface area contributed by atoms with Gasteiger partial charge in [0.05, 0.1) is 18.4 Å². The molecule has 7 heteroatoms. The van der Waals surface area contributed by atoms with E-state index in [4.69, 9.17) is 0 Å². The molecule has 2 N–H and O–H groups in total. The van der Waals surface area contributed by atoms with E-state index in [9.17, 15) is 18.3 Å². The van der Waals surface area contributed by atoms with Crippen LogP contribution in [-0.2, 0) is 22.9 Å². The van der Waals surface area contributed by atoms with E-state index in [1.807, 2.05) is 18.2 Å². The highest BCUT2D eigenvalue weighted by Gasteiger charge is 2.36. The highest BCUT2D eigenvalue weighted by molar-refractivity contribution is 7.88. The molecule has 0 saturated carbocycles. The zero-order valence-corrected chi connectivity index (χ0v) is 14.0. The van der Waals surface area contributed by atoms with E-state index < -0.39 is 22.2 Å². The van der Waals surface area contributed by atoms with Gasteiger partial charge < -0.3 is 10.0 Å². The number of nitrogens with zero attached hydrogens (tertiary/aromatic N) is 1. The molecule has 1 saturated heterocycles. The van der Waals surface area contributed by atoms with Crippen molar-refractivity contribution in [1.82, 2.24) is 9.62 Å². The number of likely N-dealkylation sites (tertiary alicyclic amines) is 1. The summed E-state index contributed by atoms with van der Waals surface area (Å²) in [5.41, 5.74) is 3.15. The Hall–Kier alpha value is -1.44. The summed E-state index contributed by atoms with van der Waals surface area (Å²) >= 11 is 0. The third kappa shape index (κ3) is 3.73. The van der Waals surface area contributed by atoms with Gasteiger partial charge in [-0.05, 0) is 48.9 Å². The first-order chi connectivity index (χ1) is 10.8. The van der Waals surface area contributed by atoms with Crippen LogP contribution in [0.3, 0.4) is 0 Å². The van der Waals surface area contributed by atoms with Gasteiger partial charge in [0.1, 0.15) is 0 Å². The Labute approximate surface area is 136 Å². The number of aliphatic hydroxyl groups excluding tert-OH is 1. The largest absolute Gasteiger partial charge is 0.390 e. The summed E-state index contributed by atoms with van der Waals surface area (Å²) in [6.45, 7) is 0.327. The summed E-state index contributed by atoms with van der Waals surface area (Å²) < 4.78 is 25.0. The van der Waals surface area contributed by atoms with E-state index in [1.165, 1.54) is 22.4 Å². The fraction of sp³-hybridized carbons (Fsp3) is 0.562. The van der Waals surface area contributed by atoms with Crippen molar-refractivity contribution in [3.63, 3.8) is 0 Å². The topological polar surface area (TPSA) is 86.7 Å². The van der Waals surface area contributed by atoms with Gasteiger partial charge in [0.25, 0.3) is 5.91 Å². The van der Waals surface area contributed by atoms with Gasteiger partial charge in [-0.25, -0.2) is 13.1 Å². The second-order valence-corrected chi connectivity index (χ2v) is 8.24. The van der Waals surface area contributed by atoms with E-state index in [0.29, 0.717) is 5.56 Å². The first-order valence-corrected chi connectivity index (χ1v) is 9.79. The average molecular weight is 338 g/mol. The molecule has 0 spiro atoms. The molecule has 1 aromatic rings. The molecule has 0 unspecified atom stereocenters. The molecule has 1 amide bonds. The normalized spacial score (nSPS) is 24.5. The smallest absolute Gasteiger partial charge is 0.254 e. The SMILES string of the molecule is CS(=O)(=O)N[C@@H]1CN(C(=O)c2ccc3c(c2)CCCC3)C[C@H]1O. The number of fused-ring (bicyclic) bond motifs is 1. The Kier molecular flexibility index (Phi) is 4.44. The van der Waals surface area contributed by atoms with Crippen molar-refractivity contribution in [2.75, 3.05) is 19.3 Å². The molecule has 1 aliphatic carbocycles. The van der Waals surface area contributed by atoms with Gasteiger partial charge in [0, 0.05) is 18.7 Å². The van der Waals surface area contributed by atoms with Gasteiger partial charge in [0.2, 0.25) is 10.0 Å². The quantitative estimate of drug-likeness (QED) is 0.830. The number of sulfonamides is 1. The molecule has 23 heavy (non-hydrogen) atoms. The molecule has 6 nitrogen and oxygen atoms in total. The Morgan fingerprint density at radius 3 is 2.61 bits per heavy atom. The fourth-order valence-electron chi connectivity index (χ4n) is 3.39. The lowest BCUT2D eigenvalue weighted by molar-refractivity contribution is 0.0764. The monoisotopic (exact) mass is 338 g/mol. The van der Waals surface area contributed by atoms with Crippen molar-refractivity contribution in [1.29, 1.82) is 0 Å². The molecule has 2 atom stereocenters. The van der Waals surface area contributed by atoms with Gasteiger partial charge in [-0.15, -0.1) is 0 Å². The van der Waals surface area contributed by atoms with E-state index in [-0.39, 0.29) is 19.0 Å². The molecular formula is C16H22N2O4S. The van der Waals surface area contributed by atoms with Crippen LogP contribution in [0.15, 0.2) is 18.2 Å². The fourth-order valence-corrected chi connectivity index (χ4v) is 4.17. The molecule has 1 aromatic carbocycles. The van der Waals surface area contributed by atoms with E-state index in [0.717, 1.165) is 25.5 Å². The number of rotatable bonds is 3. The van der Waals surface area contributed by atoms with Crippen LogP contribution in [0.1, 0.15) is 34.3 Å². The Bertz CT molecular complexity index is 717. The number of β-amino-alcohol motifs (C(OH)–C–C–N with tert-alkyl or cyclic N) is 1. The summed E-state index contributed by atoms with van der Waals surface area (Å²) in [5.74, 6) is -0.157. The molecule has 3 rings (SSSR count). The number of carbonyl (C=O) groups is 1. The van der Waals surface area contributed by atoms with Crippen molar-refractivity contribution >= 4 is 15.9 Å². The molecule has 0 bridgehead atoms. The van der Waals surface area contributed by atoms with Gasteiger partial charge in [-0.1, -0.05) is 6.07 Å². The summed E-state index contributed by atoms with van der Waals surface area (Å²) in [5, 5.41) is 9.99. The zero-order chi connectivity index (χ0) is 16.6. The maximum Gasteiger partial charge on any atom is 0.254 e. The van der Waals surface area contributed by atoms with Crippen molar-refractivity contribution < 1.29 is 18.3 Å². The second kappa shape index (κ2) is 6.22. The Morgan fingerprint density at radius 1 is 1.22 bits per heavy atom. The zero-order valence-electron chi connectivity index (χ0n) is 13.2. The lowest BCUT2D eigenvalue weighted by atomic mass is 9.90. The minimum absolute atomic E-state index is 0.142. The predicted octanol–water partition coefficient (Wildman–Crippen LogP) is 0.300. The number of aliphatic hydroxyl groups is 1. The molecule has 1 aliphatic heterocycles. The average Bonchev–Trinajstić information content (AvgIpc) is 2.85. The molecule has 0 radical (unpaired) electrons. The van der Waals surface area contributed by atoms with Crippen LogP contribution in [-0.4, -0.2) is 55.8 Å². The minimum atomic E-state index is -3.41. The number of carbonyl (C=O) groups excluding carboxylic acids is 1. The highest BCUT2D eigenvalue weighted by Crippen LogP contribution is 2.23. The standard InChI is InChI=1S/C16H22N2O4S/c1-23(21,22)17-14-9-18(10-15(14)19)16(20)13-7-6-11-4-2-3-5-12(11)8-13/h6-8,14-15,17,19H,2-5,9-10H2,1H3/t14-,15-/m1/s1. The minimum Gasteiger partial charge on any atom is -0.390 e. The molecule has 0 aromatic heterocycles. The van der Waals surface area contributed by atoms with E-state index in [2.05, 4.69) is 4.72 Å². The lowest BCUT2D eigenvalue weighted by Crippen LogP contribution is -2.42. The van der Waals surface area contributed by atoms with Crippen LogP contribution in [0.4, 0.5) is 0 Å². The molecule has 1 heterocycles. The number of benzene rings is 1. The van der Waals surface area contributed by atoms with Crippen LogP contribution in [0.25, 0.3) is 0 Å². The first-order valence-electron chi connectivity index (χ1n) is 7.90. The number of hydrogen-bond acceptors (Lipinski definition) is 4. The van der Waals surface area contributed by atoms with Crippen LogP contribution >= 0.6 is 0 Å². The third-order valence-electron chi connectivity index (χ3n) is 4.54. The third-order valence-corrected chi connectivity index (χ3v) is 5.27. The van der Waals surface area contributed by atoms with Crippen molar-refractivity contribution in [2.24, 2.45) is 0 Å². The first kappa shape index (κ1) is 16.4. The second-order valence-electron chi connectivity index (χ2n) is 6.46. The number of aryl methyl sites for hydroxylation is 2. The number of nitrogens with one attached hydrogen (secondary N) is 1. The van der Waals surface area contributed by atoms with Gasteiger partial charge in [0.15, 0.2) is 0 Å². The van der Waals surface area contributed by atoms with Crippen molar-refractivity contribution in [3.8, 4) is 0 Å². The van der Waals surface area contributed by atoms with E-state index in [1.54, 1.807) is 0 Å². The van der Waals surface area contributed by atoms with Gasteiger partial charge >= 0.3 is 0 Å². The Morgan fingerprint density at radius 2 is 1.91 bits per heavy atom. The summed E-state index contributed by atoms with van der Waals surface area (Å²) in [4.78, 5) is 14.1. The van der Waals surface area contributed by atoms with Gasteiger partial charge in [-0.3, -0.25) is 4.79 Å². The van der Waals surface area contributed by atoms with Crippen LogP contribution < -0.4 is 4.72 Å². The van der Waals surface area contributed by atoms with E-state index >= 15 is 0 Å². The lowest BCUT2D eigenvalue weighted by Gasteiger charge is -2.19. The maximum absolute atomic E-state index is 12.6. The highest BCUT2D eigenvalue weighted by atomic mass is 32.2. The van der Waals surface area contributed by atoms with Crippen molar-refractivity contribution in [2.45, 2.75) is 37.8 Å².